The molecule has 35 heavy (non-hydrogen) atoms. The number of rotatable bonds is 10. The molecule has 2 aromatic heterocycles. The summed E-state index contributed by atoms with van der Waals surface area (Å²) in [5, 5.41) is 7.20. The van der Waals surface area contributed by atoms with E-state index in [-0.39, 0.29) is 29.9 Å². The van der Waals surface area contributed by atoms with Crippen LogP contribution < -0.4 is 5.32 Å². The van der Waals surface area contributed by atoms with Crippen LogP contribution in [0.1, 0.15) is 12.0 Å². The molecule has 1 aliphatic heterocycles. The zero-order valence-corrected chi connectivity index (χ0v) is 20.8. The number of carbonyl (C=O) groups is 1. The first-order chi connectivity index (χ1) is 16.9. The number of nitrogens with one attached hydrogen (secondary N) is 1. The van der Waals surface area contributed by atoms with Crippen molar-refractivity contribution in [3.8, 4) is 0 Å². The highest BCUT2D eigenvalue weighted by Gasteiger charge is 2.24. The van der Waals surface area contributed by atoms with E-state index in [0.717, 1.165) is 0 Å². The molecule has 1 amide bonds. The predicted molar refractivity (Wildman–Crippen MR) is 131 cm³/mol. The quantitative estimate of drug-likeness (QED) is 0.318. The van der Waals surface area contributed by atoms with Crippen LogP contribution in [0.2, 0.25) is 0 Å². The van der Waals surface area contributed by atoms with Crippen molar-refractivity contribution in [1.82, 2.24) is 14.3 Å². The molecule has 0 aliphatic carbocycles. The number of hydrogen-bond donors (Lipinski definition) is 1. The number of benzene rings is 1. The number of nitrogens with zero attached hydrogens (tertiary/aromatic N) is 4. The van der Waals surface area contributed by atoms with E-state index < -0.39 is 15.9 Å². The van der Waals surface area contributed by atoms with Gasteiger partial charge in [-0.25, -0.2) is 18.4 Å². The van der Waals surface area contributed by atoms with Gasteiger partial charge in [0.25, 0.3) is 5.91 Å². The van der Waals surface area contributed by atoms with Crippen molar-refractivity contribution < 1.29 is 27.5 Å². The van der Waals surface area contributed by atoms with Gasteiger partial charge in [-0.05, 0) is 24.3 Å². The van der Waals surface area contributed by atoms with Crippen LogP contribution in [-0.4, -0.2) is 80.9 Å². The third-order valence-corrected chi connectivity index (χ3v) is 7.99. The van der Waals surface area contributed by atoms with Gasteiger partial charge in [-0.2, -0.15) is 4.31 Å². The number of carbonyl (C=O) groups excluding carboxylic acids is 1. The highest BCUT2D eigenvalue weighted by atomic mass is 32.2. The Kier molecular flexibility index (Phi) is 8.03. The zero-order valence-electron chi connectivity index (χ0n) is 19.2. The van der Waals surface area contributed by atoms with Crippen molar-refractivity contribution >= 4 is 48.5 Å². The molecule has 1 atom stereocenters. The number of pyridine rings is 1. The summed E-state index contributed by atoms with van der Waals surface area (Å²) in [5.41, 5.74) is 1.04. The Bertz CT molecular complexity index is 1270. The van der Waals surface area contributed by atoms with Crippen molar-refractivity contribution in [3.05, 3.63) is 48.2 Å². The second-order valence-electron chi connectivity index (χ2n) is 7.68. The number of thiazole rings is 1. The Morgan fingerprint density at radius 2 is 2.11 bits per heavy atom. The Morgan fingerprint density at radius 1 is 1.31 bits per heavy atom. The molecule has 0 bridgehead atoms. The van der Waals surface area contributed by atoms with E-state index in [1.165, 1.54) is 54.1 Å². The molecule has 186 valence electrons. The Balaban J connectivity index is 1.58. The summed E-state index contributed by atoms with van der Waals surface area (Å²) in [5.74, 6) is -0.546. The molecule has 1 aromatic carbocycles. The van der Waals surface area contributed by atoms with Crippen molar-refractivity contribution in [2.45, 2.75) is 17.4 Å². The number of likely N-dealkylation sites (N-methyl/N-ethyl adjacent to an activating group) is 1. The van der Waals surface area contributed by atoms with Crippen molar-refractivity contribution in [2.75, 3.05) is 45.8 Å². The molecule has 0 unspecified atom stereocenters. The molecule has 1 fully saturated rings. The highest BCUT2D eigenvalue weighted by Crippen LogP contribution is 2.24. The van der Waals surface area contributed by atoms with Crippen LogP contribution >= 0.6 is 11.3 Å². The van der Waals surface area contributed by atoms with E-state index in [1.54, 1.807) is 18.3 Å². The Morgan fingerprint density at radius 3 is 2.80 bits per heavy atom. The first kappa shape index (κ1) is 25.1. The standard InChI is InChI=1S/C22H25N5O6S2/c1-27(11-13-31-2)35(29,30)17-7-5-15(6-8-17)19(26-33-16-9-12-32-14-16)20(28)25-22-24-18-4-3-10-23-21(18)34-22/h3-8,10,16H,9,11-14H2,1-2H3,(H,24,25,28)/t16-/m1/s1. The normalized spacial score (nSPS) is 16.7. The van der Waals surface area contributed by atoms with Crippen LogP contribution in [0, 0.1) is 0 Å². The fourth-order valence-corrected chi connectivity index (χ4v) is 5.19. The molecule has 1 saturated heterocycles. The van der Waals surface area contributed by atoms with Crippen molar-refractivity contribution in [1.29, 1.82) is 0 Å². The maximum atomic E-state index is 13.2. The number of aromatic nitrogens is 2. The number of ether oxygens (including phenoxy) is 2. The zero-order chi connectivity index (χ0) is 24.8. The molecule has 3 aromatic rings. The fourth-order valence-electron chi connectivity index (χ4n) is 3.23. The van der Waals surface area contributed by atoms with Crippen LogP contribution in [0.5, 0.6) is 0 Å². The summed E-state index contributed by atoms with van der Waals surface area (Å²) in [6.45, 7) is 1.43. The average Bonchev–Trinajstić information content (AvgIpc) is 3.52. The van der Waals surface area contributed by atoms with Gasteiger partial charge in [0.15, 0.2) is 16.9 Å². The summed E-state index contributed by atoms with van der Waals surface area (Å²) < 4.78 is 37.0. The smallest absolute Gasteiger partial charge is 0.280 e. The molecule has 11 nitrogen and oxygen atoms in total. The van der Waals surface area contributed by atoms with Gasteiger partial charge in [0.05, 0.1) is 24.7 Å². The lowest BCUT2D eigenvalue weighted by molar-refractivity contribution is -0.110. The minimum absolute atomic E-state index is 0.0131. The number of methoxy groups -OCH3 is 1. The van der Waals surface area contributed by atoms with E-state index in [0.29, 0.717) is 40.7 Å². The van der Waals surface area contributed by atoms with E-state index in [2.05, 4.69) is 20.4 Å². The van der Waals surface area contributed by atoms with Crippen LogP contribution in [0.25, 0.3) is 10.3 Å². The lowest BCUT2D eigenvalue weighted by Crippen LogP contribution is -2.30. The van der Waals surface area contributed by atoms with E-state index in [4.69, 9.17) is 14.3 Å². The Labute approximate surface area is 206 Å². The summed E-state index contributed by atoms with van der Waals surface area (Å²) in [4.78, 5) is 28.1. The number of fused-ring (bicyclic) bond motifs is 1. The van der Waals surface area contributed by atoms with Crippen LogP contribution in [0.15, 0.2) is 52.6 Å². The van der Waals surface area contributed by atoms with Gasteiger partial charge in [-0.15, -0.1) is 0 Å². The average molecular weight is 520 g/mol. The number of hydrogen-bond acceptors (Lipinski definition) is 10. The highest BCUT2D eigenvalue weighted by molar-refractivity contribution is 7.89. The van der Waals surface area contributed by atoms with Crippen LogP contribution in [-0.2, 0) is 29.1 Å². The maximum absolute atomic E-state index is 13.2. The summed E-state index contributed by atoms with van der Waals surface area (Å²) in [7, 11) is -0.728. The number of amides is 1. The first-order valence-electron chi connectivity index (χ1n) is 10.8. The predicted octanol–water partition coefficient (Wildman–Crippen LogP) is 2.11. The van der Waals surface area contributed by atoms with Gasteiger partial charge < -0.3 is 14.3 Å². The molecule has 0 spiro atoms. The second-order valence-corrected chi connectivity index (χ2v) is 10.7. The number of oxime groups is 1. The van der Waals surface area contributed by atoms with Gasteiger partial charge in [0.2, 0.25) is 10.0 Å². The third-order valence-electron chi connectivity index (χ3n) is 5.23. The summed E-state index contributed by atoms with van der Waals surface area (Å²) in [6.07, 6.45) is 2.05. The van der Waals surface area contributed by atoms with Gasteiger partial charge in [0, 0.05) is 38.9 Å². The minimum atomic E-state index is -3.71. The summed E-state index contributed by atoms with van der Waals surface area (Å²) in [6, 6.07) is 9.46. The molecule has 0 radical (unpaired) electrons. The van der Waals surface area contributed by atoms with E-state index in [1.807, 2.05) is 0 Å². The van der Waals surface area contributed by atoms with Crippen LogP contribution in [0.3, 0.4) is 0 Å². The lowest BCUT2D eigenvalue weighted by Gasteiger charge is -2.17. The van der Waals surface area contributed by atoms with Gasteiger partial charge >= 0.3 is 0 Å². The van der Waals surface area contributed by atoms with E-state index in [9.17, 15) is 13.2 Å². The lowest BCUT2D eigenvalue weighted by atomic mass is 10.1. The molecule has 3 heterocycles. The molecule has 0 saturated carbocycles. The van der Waals surface area contributed by atoms with Gasteiger partial charge in [0.1, 0.15) is 10.3 Å². The van der Waals surface area contributed by atoms with Gasteiger partial charge in [-0.3, -0.25) is 10.1 Å². The van der Waals surface area contributed by atoms with Crippen molar-refractivity contribution in [3.63, 3.8) is 0 Å². The number of anilines is 1. The monoisotopic (exact) mass is 519 g/mol. The summed E-state index contributed by atoms with van der Waals surface area (Å²) >= 11 is 1.23. The van der Waals surface area contributed by atoms with E-state index >= 15 is 0 Å². The molecule has 13 heteroatoms. The SMILES string of the molecule is COCCN(C)S(=O)(=O)c1ccc(C(=NO[C@@H]2CCOC2)C(=O)Nc2nc3cccnc3s2)cc1. The molecule has 4 rings (SSSR count). The molecule has 1 N–H and O–H groups in total. The Hall–Kier alpha value is -2.97. The van der Waals surface area contributed by atoms with Crippen LogP contribution in [0.4, 0.5) is 5.13 Å². The van der Waals surface area contributed by atoms with Crippen molar-refractivity contribution in [2.24, 2.45) is 5.16 Å². The number of sulfonamides is 1. The first-order valence-corrected chi connectivity index (χ1v) is 13.0. The maximum Gasteiger partial charge on any atom is 0.280 e. The molecule has 1 aliphatic rings. The third kappa shape index (κ3) is 6.00. The van der Waals surface area contributed by atoms with Gasteiger partial charge in [-0.1, -0.05) is 28.6 Å². The largest absolute Gasteiger partial charge is 0.389 e. The molecular weight excluding hydrogens is 494 g/mol. The second kappa shape index (κ2) is 11.2. The fraction of sp³-hybridized carbons (Fsp3) is 0.364. The molecular formula is C22H25N5O6S2. The topological polar surface area (TPSA) is 132 Å². The minimum Gasteiger partial charge on any atom is -0.389 e.